The van der Waals surface area contributed by atoms with Crippen LogP contribution in [0.1, 0.15) is 40.5 Å². The monoisotopic (exact) mass is 374 g/mol. The number of nitro benzene ring substituents is 1. The smallest absolute Gasteiger partial charge is 0.336 e. The molecule has 0 bridgehead atoms. The van der Waals surface area contributed by atoms with E-state index in [-0.39, 0.29) is 11.6 Å². The number of allylic oxidation sites excluding steroid dienone is 1. The number of rotatable bonds is 3. The van der Waals surface area contributed by atoms with Crippen molar-refractivity contribution >= 4 is 34.2 Å². The number of non-ortho nitro benzene ring substituents is 1. The Labute approximate surface area is 161 Å². The average molecular weight is 374 g/mol. The molecule has 1 aromatic heterocycles. The first kappa shape index (κ1) is 17.9. The van der Waals surface area contributed by atoms with Gasteiger partial charge in [0.1, 0.15) is 0 Å². The number of hydrogen-bond donors (Lipinski definition) is 1. The van der Waals surface area contributed by atoms with Gasteiger partial charge in [0.15, 0.2) is 0 Å². The zero-order chi connectivity index (χ0) is 19.8. The van der Waals surface area contributed by atoms with Crippen molar-refractivity contribution in [1.82, 2.24) is 4.98 Å². The van der Waals surface area contributed by atoms with E-state index in [1.54, 1.807) is 18.2 Å². The molecule has 0 saturated carbocycles. The first-order valence-electron chi connectivity index (χ1n) is 9.04. The molecule has 140 valence electrons. The minimum atomic E-state index is -0.960. The highest BCUT2D eigenvalue weighted by atomic mass is 16.6. The lowest BCUT2D eigenvalue weighted by atomic mass is 9.80. The maximum atomic E-state index is 12.1. The lowest BCUT2D eigenvalue weighted by Gasteiger charge is -2.26. The van der Waals surface area contributed by atoms with Gasteiger partial charge < -0.3 is 5.11 Å². The van der Waals surface area contributed by atoms with E-state index >= 15 is 0 Å². The van der Waals surface area contributed by atoms with Crippen molar-refractivity contribution in [2.45, 2.75) is 19.8 Å². The van der Waals surface area contributed by atoms with Gasteiger partial charge in [-0.05, 0) is 47.6 Å². The Kier molecular flexibility index (Phi) is 4.39. The molecule has 1 aliphatic rings. The summed E-state index contributed by atoms with van der Waals surface area (Å²) in [5.74, 6) is -0.711. The number of carbonyl (C=O) groups is 1. The molecule has 0 fully saturated rings. The van der Waals surface area contributed by atoms with Crippen LogP contribution in [0, 0.1) is 16.0 Å². The van der Waals surface area contributed by atoms with Crippen molar-refractivity contribution < 1.29 is 14.8 Å². The third-order valence-electron chi connectivity index (χ3n) is 5.05. The number of para-hydroxylation sites is 1. The third kappa shape index (κ3) is 3.13. The Balaban J connectivity index is 1.95. The lowest BCUT2D eigenvalue weighted by Crippen LogP contribution is -2.17. The molecule has 4 rings (SSSR count). The Morgan fingerprint density at radius 3 is 2.75 bits per heavy atom. The molecule has 0 amide bonds. The average Bonchev–Trinajstić information content (AvgIpc) is 2.66. The minimum absolute atomic E-state index is 0.0242. The number of aromatic nitrogens is 1. The van der Waals surface area contributed by atoms with E-state index in [1.165, 1.54) is 12.1 Å². The largest absolute Gasteiger partial charge is 0.478 e. The van der Waals surface area contributed by atoms with Gasteiger partial charge in [0.05, 0.1) is 21.7 Å². The van der Waals surface area contributed by atoms with Crippen molar-refractivity contribution in [2.75, 3.05) is 0 Å². The predicted octanol–water partition coefficient (Wildman–Crippen LogP) is 4.96. The van der Waals surface area contributed by atoms with E-state index in [4.69, 9.17) is 4.98 Å². The number of nitro groups is 1. The van der Waals surface area contributed by atoms with E-state index in [2.05, 4.69) is 6.92 Å². The molecule has 6 heteroatoms. The summed E-state index contributed by atoms with van der Waals surface area (Å²) in [5.41, 5.74) is 3.99. The van der Waals surface area contributed by atoms with Gasteiger partial charge in [0, 0.05) is 17.5 Å². The van der Waals surface area contributed by atoms with Crippen LogP contribution in [0.25, 0.3) is 22.6 Å². The number of hydrogen-bond acceptors (Lipinski definition) is 4. The number of fused-ring (bicyclic) bond motifs is 2. The zero-order valence-electron chi connectivity index (χ0n) is 15.3. The third-order valence-corrected chi connectivity index (χ3v) is 5.05. The van der Waals surface area contributed by atoms with E-state index < -0.39 is 10.9 Å². The van der Waals surface area contributed by atoms with E-state index in [0.29, 0.717) is 34.1 Å². The summed E-state index contributed by atoms with van der Waals surface area (Å²) in [5, 5.41) is 21.6. The quantitative estimate of drug-likeness (QED) is 0.516. The van der Waals surface area contributed by atoms with Crippen LogP contribution in [0.15, 0.2) is 48.5 Å². The van der Waals surface area contributed by atoms with Crippen LogP contribution in [0.2, 0.25) is 0 Å². The fourth-order valence-electron chi connectivity index (χ4n) is 3.91. The van der Waals surface area contributed by atoms with Crippen molar-refractivity contribution in [3.8, 4) is 0 Å². The molecule has 0 aliphatic heterocycles. The van der Waals surface area contributed by atoms with Crippen molar-refractivity contribution in [3.05, 3.63) is 81.0 Å². The number of pyridine rings is 1. The molecule has 0 saturated heterocycles. The van der Waals surface area contributed by atoms with Crippen LogP contribution in [-0.2, 0) is 6.42 Å². The number of carboxylic acids is 1. The zero-order valence-corrected chi connectivity index (χ0v) is 15.3. The molecule has 1 N–H and O–H groups in total. The van der Waals surface area contributed by atoms with Crippen LogP contribution in [-0.4, -0.2) is 21.0 Å². The molecule has 6 nitrogen and oxygen atoms in total. The van der Waals surface area contributed by atoms with Crippen LogP contribution >= 0.6 is 0 Å². The maximum Gasteiger partial charge on any atom is 0.336 e. The van der Waals surface area contributed by atoms with Crippen molar-refractivity contribution in [2.24, 2.45) is 5.92 Å². The van der Waals surface area contributed by atoms with Gasteiger partial charge in [-0.1, -0.05) is 37.3 Å². The fourth-order valence-corrected chi connectivity index (χ4v) is 3.91. The summed E-state index contributed by atoms with van der Waals surface area (Å²) < 4.78 is 0. The van der Waals surface area contributed by atoms with E-state index in [0.717, 1.165) is 17.6 Å². The SMILES string of the molecule is CC1C/C(=C\c2cccc([N+](=O)[O-])c2)c2nc3ccccc3c(C(=O)O)c2C1. The Morgan fingerprint density at radius 2 is 2.00 bits per heavy atom. The second-order valence-corrected chi connectivity index (χ2v) is 7.17. The lowest BCUT2D eigenvalue weighted by molar-refractivity contribution is -0.384. The molecule has 1 aliphatic carbocycles. The Bertz CT molecular complexity index is 1150. The second kappa shape index (κ2) is 6.88. The highest BCUT2D eigenvalue weighted by molar-refractivity contribution is 6.05. The number of aromatic carboxylic acids is 1. The first-order chi connectivity index (χ1) is 13.4. The summed E-state index contributed by atoms with van der Waals surface area (Å²) in [6.07, 6.45) is 3.26. The molecule has 0 spiro atoms. The van der Waals surface area contributed by atoms with Gasteiger partial charge in [-0.15, -0.1) is 0 Å². The fraction of sp³-hybridized carbons (Fsp3) is 0.182. The number of benzene rings is 2. The van der Waals surface area contributed by atoms with Gasteiger partial charge in [0.25, 0.3) is 5.69 Å². The Hall–Kier alpha value is -3.54. The van der Waals surface area contributed by atoms with Gasteiger partial charge in [-0.2, -0.15) is 0 Å². The van der Waals surface area contributed by atoms with Gasteiger partial charge in [0.2, 0.25) is 0 Å². The topological polar surface area (TPSA) is 93.3 Å². The molecule has 1 atom stereocenters. The summed E-state index contributed by atoms with van der Waals surface area (Å²) >= 11 is 0. The first-order valence-corrected chi connectivity index (χ1v) is 9.04. The normalized spacial score (nSPS) is 17.5. The highest BCUT2D eigenvalue weighted by Gasteiger charge is 2.27. The van der Waals surface area contributed by atoms with Crippen molar-refractivity contribution in [1.29, 1.82) is 0 Å². The summed E-state index contributed by atoms with van der Waals surface area (Å²) in [4.78, 5) is 27.5. The van der Waals surface area contributed by atoms with Crippen LogP contribution < -0.4 is 0 Å². The van der Waals surface area contributed by atoms with Crippen LogP contribution in [0.3, 0.4) is 0 Å². The van der Waals surface area contributed by atoms with E-state index in [1.807, 2.05) is 24.3 Å². The van der Waals surface area contributed by atoms with Gasteiger partial charge in [-0.25, -0.2) is 9.78 Å². The number of nitrogens with zero attached hydrogens (tertiary/aromatic N) is 2. The summed E-state index contributed by atoms with van der Waals surface area (Å²) in [7, 11) is 0. The second-order valence-electron chi connectivity index (χ2n) is 7.17. The minimum Gasteiger partial charge on any atom is -0.478 e. The summed E-state index contributed by atoms with van der Waals surface area (Å²) in [6, 6.07) is 13.7. The van der Waals surface area contributed by atoms with Crippen LogP contribution in [0.5, 0.6) is 0 Å². The molecular formula is C22H18N2O4. The summed E-state index contributed by atoms with van der Waals surface area (Å²) in [6.45, 7) is 2.07. The molecule has 28 heavy (non-hydrogen) atoms. The molecule has 0 radical (unpaired) electrons. The maximum absolute atomic E-state index is 12.1. The Morgan fingerprint density at radius 1 is 1.21 bits per heavy atom. The molecule has 1 heterocycles. The van der Waals surface area contributed by atoms with Gasteiger partial charge in [-0.3, -0.25) is 10.1 Å². The molecule has 3 aromatic rings. The molecular weight excluding hydrogens is 356 g/mol. The van der Waals surface area contributed by atoms with E-state index in [9.17, 15) is 20.0 Å². The van der Waals surface area contributed by atoms with Crippen LogP contribution in [0.4, 0.5) is 5.69 Å². The number of carboxylic acid groups (broad SMARTS) is 1. The molecule has 1 unspecified atom stereocenters. The predicted molar refractivity (Wildman–Crippen MR) is 107 cm³/mol. The van der Waals surface area contributed by atoms with Gasteiger partial charge >= 0.3 is 5.97 Å². The molecule has 2 aromatic carbocycles. The highest BCUT2D eigenvalue weighted by Crippen LogP contribution is 2.38. The standard InChI is InChI=1S/C22H18N2O4/c1-13-9-15(11-14-5-4-6-16(12-14)24(27)28)21-18(10-13)20(22(25)26)17-7-2-3-8-19(17)23-21/h2-8,11-13H,9-10H2,1H3,(H,25,26)/b15-11+. The van der Waals surface area contributed by atoms with Crippen molar-refractivity contribution in [3.63, 3.8) is 0 Å².